The fourth-order valence-electron chi connectivity index (χ4n) is 5.32. The first kappa shape index (κ1) is 21.9. The largest absolute Gasteiger partial charge is 0.378 e. The van der Waals surface area contributed by atoms with Gasteiger partial charge in [-0.15, -0.1) is 0 Å². The van der Waals surface area contributed by atoms with Gasteiger partial charge in [0.2, 0.25) is 0 Å². The first-order valence-electron chi connectivity index (χ1n) is 11.1. The lowest BCUT2D eigenvalue weighted by Gasteiger charge is -2.41. The normalized spacial score (nSPS) is 35.2. The highest BCUT2D eigenvalue weighted by molar-refractivity contribution is 5.39. The van der Waals surface area contributed by atoms with Crippen molar-refractivity contribution in [1.29, 1.82) is 0 Å². The number of rotatable bonds is 6. The monoisotopic (exact) mass is 402 g/mol. The lowest BCUT2D eigenvalue weighted by Crippen LogP contribution is -2.47. The Morgan fingerprint density at radius 1 is 0.893 bits per heavy atom. The molecule has 0 aromatic carbocycles. The molecule has 5 heteroatoms. The Morgan fingerprint density at radius 2 is 1.61 bits per heavy atom. The molecule has 0 radical (unpaired) electrons. The fourth-order valence-corrected chi connectivity index (χ4v) is 5.32. The van der Waals surface area contributed by atoms with E-state index in [1.165, 1.54) is 31.4 Å². The molecular formula is C23H34F4O. The van der Waals surface area contributed by atoms with Gasteiger partial charge in [0.15, 0.2) is 0 Å². The van der Waals surface area contributed by atoms with Gasteiger partial charge in [-0.2, -0.15) is 17.6 Å². The van der Waals surface area contributed by atoms with Gasteiger partial charge in [0.1, 0.15) is 0 Å². The van der Waals surface area contributed by atoms with E-state index in [2.05, 4.69) is 6.92 Å². The molecule has 0 aromatic heterocycles. The van der Waals surface area contributed by atoms with Crippen LogP contribution in [0.2, 0.25) is 0 Å². The van der Waals surface area contributed by atoms with Crippen LogP contribution in [-0.2, 0) is 4.74 Å². The van der Waals surface area contributed by atoms with Crippen LogP contribution >= 0.6 is 0 Å². The van der Waals surface area contributed by atoms with Crippen LogP contribution in [0.1, 0.15) is 78.1 Å². The van der Waals surface area contributed by atoms with E-state index in [0.717, 1.165) is 25.9 Å². The van der Waals surface area contributed by atoms with E-state index in [4.69, 9.17) is 4.74 Å². The van der Waals surface area contributed by atoms with Crippen LogP contribution in [0.3, 0.4) is 0 Å². The van der Waals surface area contributed by atoms with Crippen LogP contribution in [-0.4, -0.2) is 24.6 Å². The van der Waals surface area contributed by atoms with E-state index in [1.807, 2.05) is 0 Å². The van der Waals surface area contributed by atoms with Crippen LogP contribution in [0, 0.1) is 17.8 Å². The Labute approximate surface area is 166 Å². The molecule has 160 valence electrons. The van der Waals surface area contributed by atoms with Crippen molar-refractivity contribution in [3.63, 3.8) is 0 Å². The molecule has 28 heavy (non-hydrogen) atoms. The quantitative estimate of drug-likeness (QED) is 0.423. The minimum atomic E-state index is -4.07. The van der Waals surface area contributed by atoms with Crippen LogP contribution < -0.4 is 0 Å². The summed E-state index contributed by atoms with van der Waals surface area (Å²) in [5.41, 5.74) is -0.793. The highest BCUT2D eigenvalue weighted by atomic mass is 19.3. The Hall–Kier alpha value is -0.840. The molecule has 1 heterocycles. The van der Waals surface area contributed by atoms with Crippen molar-refractivity contribution in [1.82, 2.24) is 0 Å². The van der Waals surface area contributed by atoms with E-state index in [0.29, 0.717) is 31.1 Å². The number of halogens is 4. The highest BCUT2D eigenvalue weighted by Crippen LogP contribution is 2.53. The molecule has 1 aliphatic heterocycles. The molecule has 3 rings (SSSR count). The summed E-state index contributed by atoms with van der Waals surface area (Å²) in [7, 11) is 0. The third-order valence-electron chi connectivity index (χ3n) is 6.98. The molecule has 0 amide bonds. The van der Waals surface area contributed by atoms with Gasteiger partial charge in [-0.1, -0.05) is 38.8 Å². The lowest BCUT2D eigenvalue weighted by atomic mass is 9.71. The molecule has 2 unspecified atom stereocenters. The van der Waals surface area contributed by atoms with Crippen molar-refractivity contribution in [2.45, 2.75) is 96.0 Å². The average Bonchev–Trinajstić information content (AvgIpc) is 2.67. The predicted octanol–water partition coefficient (Wildman–Crippen LogP) is 7.33. The van der Waals surface area contributed by atoms with Crippen molar-refractivity contribution >= 4 is 0 Å². The molecule has 2 aliphatic carbocycles. The SMILES string of the molecule is CCCC1=CC=C(C2CCC(C3CCC(CCC)CO3)CC2)C(F)(F)C1(F)F. The smallest absolute Gasteiger partial charge is 0.336 e. The van der Waals surface area contributed by atoms with Crippen molar-refractivity contribution < 1.29 is 22.3 Å². The first-order chi connectivity index (χ1) is 13.3. The molecule has 1 saturated heterocycles. The standard InChI is InChI=1S/C23H34F4O/c1-3-5-16-7-14-21(28-15-16)18-10-8-17(9-11-18)20-13-12-19(6-4-2)22(24,25)23(20,26)27/h12-13,16-18,21H,3-11,14-15H2,1-2H3. The van der Waals surface area contributed by atoms with Crippen LogP contribution in [0.25, 0.3) is 0 Å². The predicted molar refractivity (Wildman–Crippen MR) is 104 cm³/mol. The topological polar surface area (TPSA) is 9.23 Å². The van der Waals surface area contributed by atoms with Gasteiger partial charge in [0, 0.05) is 17.8 Å². The Kier molecular flexibility index (Phi) is 6.94. The van der Waals surface area contributed by atoms with Crippen molar-refractivity contribution in [3.8, 4) is 0 Å². The number of allylic oxidation sites excluding steroid dienone is 4. The van der Waals surface area contributed by atoms with Gasteiger partial charge in [-0.25, -0.2) is 0 Å². The fraction of sp³-hybridized carbons (Fsp3) is 0.826. The van der Waals surface area contributed by atoms with Crippen LogP contribution in [0.5, 0.6) is 0 Å². The number of hydrogen-bond acceptors (Lipinski definition) is 1. The Morgan fingerprint density at radius 3 is 2.18 bits per heavy atom. The maximum Gasteiger partial charge on any atom is 0.336 e. The molecular weight excluding hydrogens is 368 g/mol. The summed E-state index contributed by atoms with van der Waals surface area (Å²) in [6.45, 7) is 4.72. The molecule has 3 aliphatic rings. The third-order valence-corrected chi connectivity index (χ3v) is 6.98. The van der Waals surface area contributed by atoms with Crippen LogP contribution in [0.4, 0.5) is 17.6 Å². The van der Waals surface area contributed by atoms with E-state index < -0.39 is 23.3 Å². The molecule has 0 N–H and O–H groups in total. The summed E-state index contributed by atoms with van der Waals surface area (Å²) >= 11 is 0. The molecule has 2 atom stereocenters. The van der Waals surface area contributed by atoms with Crippen molar-refractivity contribution in [2.75, 3.05) is 6.61 Å². The van der Waals surface area contributed by atoms with Crippen molar-refractivity contribution in [3.05, 3.63) is 23.3 Å². The lowest BCUT2D eigenvalue weighted by molar-refractivity contribution is -0.170. The molecule has 0 aromatic rings. The number of ether oxygens (including phenoxy) is 1. The summed E-state index contributed by atoms with van der Waals surface area (Å²) in [4.78, 5) is 0. The molecule has 0 spiro atoms. The summed E-state index contributed by atoms with van der Waals surface area (Å²) in [5.74, 6) is -7.56. The second-order valence-electron chi connectivity index (χ2n) is 8.93. The van der Waals surface area contributed by atoms with Gasteiger partial charge in [0.25, 0.3) is 0 Å². The number of hydrogen-bond donors (Lipinski definition) is 0. The second-order valence-corrected chi connectivity index (χ2v) is 8.93. The van der Waals surface area contributed by atoms with E-state index >= 15 is 0 Å². The van der Waals surface area contributed by atoms with Crippen molar-refractivity contribution in [2.24, 2.45) is 17.8 Å². The first-order valence-corrected chi connectivity index (χ1v) is 11.1. The second kappa shape index (κ2) is 8.89. The zero-order valence-corrected chi connectivity index (χ0v) is 17.2. The van der Waals surface area contributed by atoms with E-state index in [-0.39, 0.29) is 18.1 Å². The molecule has 1 saturated carbocycles. The van der Waals surface area contributed by atoms with Gasteiger partial charge < -0.3 is 4.74 Å². The minimum absolute atomic E-state index is 0.0111. The Bertz CT molecular complexity index is 579. The van der Waals surface area contributed by atoms with Gasteiger partial charge >= 0.3 is 11.8 Å². The van der Waals surface area contributed by atoms with Gasteiger partial charge in [-0.3, -0.25) is 0 Å². The van der Waals surface area contributed by atoms with Gasteiger partial charge in [-0.05, 0) is 69.1 Å². The highest BCUT2D eigenvalue weighted by Gasteiger charge is 2.62. The average molecular weight is 403 g/mol. The minimum Gasteiger partial charge on any atom is -0.378 e. The zero-order chi connectivity index (χ0) is 20.4. The number of alkyl halides is 4. The summed E-state index contributed by atoms with van der Waals surface area (Å²) < 4.78 is 64.3. The van der Waals surface area contributed by atoms with E-state index in [1.54, 1.807) is 6.92 Å². The Balaban J connectivity index is 1.60. The summed E-state index contributed by atoms with van der Waals surface area (Å²) in [5, 5.41) is 0. The maximum atomic E-state index is 14.7. The van der Waals surface area contributed by atoms with E-state index in [9.17, 15) is 17.6 Å². The molecule has 0 bridgehead atoms. The molecule has 2 fully saturated rings. The maximum absolute atomic E-state index is 14.7. The molecule has 1 nitrogen and oxygen atoms in total. The third kappa shape index (κ3) is 4.20. The summed E-state index contributed by atoms with van der Waals surface area (Å²) in [6, 6.07) is 0. The summed E-state index contributed by atoms with van der Waals surface area (Å²) in [6.07, 6.45) is 10.5. The van der Waals surface area contributed by atoms with Gasteiger partial charge in [0.05, 0.1) is 6.10 Å². The zero-order valence-electron chi connectivity index (χ0n) is 17.2. The van der Waals surface area contributed by atoms with Crippen LogP contribution in [0.15, 0.2) is 23.3 Å².